The van der Waals surface area contributed by atoms with Crippen LogP contribution in [0.2, 0.25) is 0 Å². The molecular formula is C17H22BrNO2. The van der Waals surface area contributed by atoms with Gasteiger partial charge in [-0.15, -0.1) is 0 Å². The van der Waals surface area contributed by atoms with Crippen LogP contribution in [0.4, 0.5) is 0 Å². The summed E-state index contributed by atoms with van der Waals surface area (Å²) >= 11 is 3.52. The SMILES string of the molecule is CC(=O)N1CC[C@]2(O)CCCC[C@@H]2[C@H]1c1cccc(Br)c1. The van der Waals surface area contributed by atoms with Gasteiger partial charge in [0.25, 0.3) is 0 Å². The Morgan fingerprint density at radius 2 is 2.19 bits per heavy atom. The molecule has 1 aliphatic carbocycles. The number of fused-ring (bicyclic) bond motifs is 1. The van der Waals surface area contributed by atoms with Crippen molar-refractivity contribution >= 4 is 21.8 Å². The number of aliphatic hydroxyl groups is 1. The molecule has 0 aromatic heterocycles. The van der Waals surface area contributed by atoms with Crippen molar-refractivity contribution < 1.29 is 9.90 Å². The highest BCUT2D eigenvalue weighted by Crippen LogP contribution is 2.49. The lowest BCUT2D eigenvalue weighted by Gasteiger charge is -2.52. The van der Waals surface area contributed by atoms with Crippen LogP contribution in [0.25, 0.3) is 0 Å². The van der Waals surface area contributed by atoms with Gasteiger partial charge in [-0.1, -0.05) is 40.9 Å². The zero-order valence-electron chi connectivity index (χ0n) is 12.4. The third-order valence-electron chi connectivity index (χ3n) is 5.16. The maximum absolute atomic E-state index is 12.1. The summed E-state index contributed by atoms with van der Waals surface area (Å²) in [4.78, 5) is 14.0. The van der Waals surface area contributed by atoms with Gasteiger partial charge in [-0.3, -0.25) is 4.79 Å². The first kappa shape index (κ1) is 15.0. The lowest BCUT2D eigenvalue weighted by atomic mass is 9.66. The molecule has 2 fully saturated rings. The summed E-state index contributed by atoms with van der Waals surface area (Å²) in [6, 6.07) is 8.16. The molecule has 1 aromatic carbocycles. The van der Waals surface area contributed by atoms with Crippen LogP contribution in [0.1, 0.15) is 50.6 Å². The first-order chi connectivity index (χ1) is 10.0. The van der Waals surface area contributed by atoms with Gasteiger partial charge in [-0.05, 0) is 37.0 Å². The Hall–Kier alpha value is -0.870. The standard InChI is InChI=1S/C17H22BrNO2/c1-12(20)19-10-9-17(21)8-3-2-7-15(17)16(19)13-5-4-6-14(18)11-13/h4-6,11,15-16,21H,2-3,7-10H2,1H3/t15-,16-,17-/m1/s1. The third-order valence-corrected chi connectivity index (χ3v) is 5.66. The average Bonchev–Trinajstić information content (AvgIpc) is 2.45. The maximum Gasteiger partial charge on any atom is 0.219 e. The van der Waals surface area contributed by atoms with Crippen LogP contribution < -0.4 is 0 Å². The number of hydrogen-bond acceptors (Lipinski definition) is 2. The van der Waals surface area contributed by atoms with Crippen molar-refractivity contribution in [1.82, 2.24) is 4.90 Å². The highest BCUT2D eigenvalue weighted by Gasteiger charge is 2.49. The van der Waals surface area contributed by atoms with E-state index in [1.807, 2.05) is 17.0 Å². The van der Waals surface area contributed by atoms with E-state index in [1.165, 1.54) is 0 Å². The fraction of sp³-hybridized carbons (Fsp3) is 0.588. The van der Waals surface area contributed by atoms with E-state index in [0.29, 0.717) is 13.0 Å². The molecule has 1 saturated heterocycles. The van der Waals surface area contributed by atoms with Gasteiger partial charge in [0.1, 0.15) is 0 Å². The number of amides is 1. The predicted molar refractivity (Wildman–Crippen MR) is 85.8 cm³/mol. The second-order valence-electron chi connectivity index (χ2n) is 6.42. The number of hydrogen-bond donors (Lipinski definition) is 1. The first-order valence-electron chi connectivity index (χ1n) is 7.76. The molecule has 114 valence electrons. The van der Waals surface area contributed by atoms with Crippen molar-refractivity contribution in [2.45, 2.75) is 50.7 Å². The Labute approximate surface area is 134 Å². The molecule has 21 heavy (non-hydrogen) atoms. The van der Waals surface area contributed by atoms with E-state index in [1.54, 1.807) is 6.92 Å². The Morgan fingerprint density at radius 1 is 1.38 bits per heavy atom. The summed E-state index contributed by atoms with van der Waals surface area (Å²) in [5, 5.41) is 11.0. The maximum atomic E-state index is 12.1. The van der Waals surface area contributed by atoms with E-state index in [0.717, 1.165) is 35.7 Å². The minimum absolute atomic E-state index is 0.000880. The zero-order chi connectivity index (χ0) is 15.0. The zero-order valence-corrected chi connectivity index (χ0v) is 14.0. The number of carbonyl (C=O) groups is 1. The predicted octanol–water partition coefficient (Wildman–Crippen LogP) is 3.66. The molecule has 1 amide bonds. The van der Waals surface area contributed by atoms with Crippen molar-refractivity contribution in [3.05, 3.63) is 34.3 Å². The Balaban J connectivity index is 2.02. The van der Waals surface area contributed by atoms with Crippen molar-refractivity contribution in [1.29, 1.82) is 0 Å². The summed E-state index contributed by atoms with van der Waals surface area (Å²) in [7, 11) is 0. The van der Waals surface area contributed by atoms with Crippen LogP contribution in [0.5, 0.6) is 0 Å². The second kappa shape index (κ2) is 5.73. The highest BCUT2D eigenvalue weighted by molar-refractivity contribution is 9.10. The summed E-state index contributed by atoms with van der Waals surface area (Å²) in [6.07, 6.45) is 4.81. The van der Waals surface area contributed by atoms with Crippen molar-refractivity contribution in [3.63, 3.8) is 0 Å². The minimum Gasteiger partial charge on any atom is -0.389 e. The van der Waals surface area contributed by atoms with Gasteiger partial charge in [0.05, 0.1) is 11.6 Å². The molecule has 2 aliphatic rings. The Bertz CT molecular complexity index is 547. The molecule has 1 aromatic rings. The van der Waals surface area contributed by atoms with E-state index in [9.17, 15) is 9.90 Å². The van der Waals surface area contributed by atoms with Gasteiger partial charge < -0.3 is 10.0 Å². The highest BCUT2D eigenvalue weighted by atomic mass is 79.9. The lowest BCUT2D eigenvalue weighted by Crippen LogP contribution is -2.55. The quantitative estimate of drug-likeness (QED) is 0.838. The van der Waals surface area contributed by atoms with Crippen LogP contribution in [0.15, 0.2) is 28.7 Å². The largest absolute Gasteiger partial charge is 0.389 e. The molecule has 1 N–H and O–H groups in total. The van der Waals surface area contributed by atoms with Crippen LogP contribution in [0.3, 0.4) is 0 Å². The van der Waals surface area contributed by atoms with Gasteiger partial charge in [0.2, 0.25) is 5.91 Å². The van der Waals surface area contributed by atoms with E-state index in [4.69, 9.17) is 0 Å². The topological polar surface area (TPSA) is 40.5 Å². The van der Waals surface area contributed by atoms with Crippen LogP contribution in [0, 0.1) is 5.92 Å². The molecule has 1 aliphatic heterocycles. The summed E-state index contributed by atoms with van der Waals surface area (Å²) < 4.78 is 1.02. The molecule has 0 radical (unpaired) electrons. The molecular weight excluding hydrogens is 330 g/mol. The Morgan fingerprint density at radius 3 is 2.90 bits per heavy atom. The third kappa shape index (κ3) is 2.76. The van der Waals surface area contributed by atoms with Gasteiger partial charge in [-0.2, -0.15) is 0 Å². The molecule has 1 saturated carbocycles. The van der Waals surface area contributed by atoms with Gasteiger partial charge in [0, 0.05) is 23.9 Å². The summed E-state index contributed by atoms with van der Waals surface area (Å²) in [5.41, 5.74) is 0.529. The smallest absolute Gasteiger partial charge is 0.219 e. The summed E-state index contributed by atoms with van der Waals surface area (Å²) in [5.74, 6) is 0.255. The van der Waals surface area contributed by atoms with Crippen LogP contribution in [-0.2, 0) is 4.79 Å². The Kier molecular flexibility index (Phi) is 4.10. The number of nitrogens with zero attached hydrogens (tertiary/aromatic N) is 1. The normalized spacial score (nSPS) is 32.6. The van der Waals surface area contributed by atoms with E-state index in [-0.39, 0.29) is 17.9 Å². The van der Waals surface area contributed by atoms with E-state index >= 15 is 0 Å². The van der Waals surface area contributed by atoms with Crippen molar-refractivity contribution in [2.75, 3.05) is 6.54 Å². The number of piperidine rings is 1. The monoisotopic (exact) mass is 351 g/mol. The van der Waals surface area contributed by atoms with E-state index < -0.39 is 5.60 Å². The number of rotatable bonds is 1. The van der Waals surface area contributed by atoms with Gasteiger partial charge >= 0.3 is 0 Å². The summed E-state index contributed by atoms with van der Waals surface area (Å²) in [6.45, 7) is 2.29. The van der Waals surface area contributed by atoms with Gasteiger partial charge in [-0.25, -0.2) is 0 Å². The minimum atomic E-state index is -0.600. The van der Waals surface area contributed by atoms with Crippen LogP contribution in [-0.4, -0.2) is 28.1 Å². The molecule has 3 nitrogen and oxygen atoms in total. The second-order valence-corrected chi connectivity index (χ2v) is 7.33. The first-order valence-corrected chi connectivity index (χ1v) is 8.56. The van der Waals surface area contributed by atoms with Crippen LogP contribution >= 0.6 is 15.9 Å². The fourth-order valence-corrected chi connectivity index (χ4v) is 4.55. The lowest BCUT2D eigenvalue weighted by molar-refractivity contribution is -0.153. The molecule has 0 bridgehead atoms. The molecule has 4 heteroatoms. The molecule has 1 heterocycles. The average molecular weight is 352 g/mol. The molecule has 0 unspecified atom stereocenters. The molecule has 3 atom stereocenters. The number of benzene rings is 1. The molecule has 3 rings (SSSR count). The number of carbonyl (C=O) groups excluding carboxylic acids is 1. The van der Waals surface area contributed by atoms with Crippen molar-refractivity contribution in [3.8, 4) is 0 Å². The number of halogens is 1. The molecule has 0 spiro atoms. The van der Waals surface area contributed by atoms with Crippen molar-refractivity contribution in [2.24, 2.45) is 5.92 Å². The fourth-order valence-electron chi connectivity index (χ4n) is 4.14. The number of likely N-dealkylation sites (tertiary alicyclic amines) is 1. The van der Waals surface area contributed by atoms with E-state index in [2.05, 4.69) is 28.1 Å². The van der Waals surface area contributed by atoms with Gasteiger partial charge in [0.15, 0.2) is 0 Å².